The second kappa shape index (κ2) is 5.61. The topological polar surface area (TPSA) is 58.3 Å². The third-order valence-corrected chi connectivity index (χ3v) is 2.45. The van der Waals surface area contributed by atoms with Crippen molar-refractivity contribution in [2.75, 3.05) is 17.7 Å². The molecule has 0 saturated carbocycles. The average molecular weight is 208 g/mol. The molecule has 0 aliphatic rings. The molecule has 15 heavy (non-hydrogen) atoms. The molecule has 84 valence electrons. The van der Waals surface area contributed by atoms with Crippen molar-refractivity contribution in [2.24, 2.45) is 0 Å². The number of hydrogen-bond acceptors (Lipinski definition) is 3. The molecule has 0 aliphatic heterocycles. The molecule has 1 aromatic rings. The summed E-state index contributed by atoms with van der Waals surface area (Å²) in [5, 5.41) is 12.1. The van der Waals surface area contributed by atoms with Crippen LogP contribution >= 0.6 is 0 Å². The molecule has 4 N–H and O–H groups in total. The van der Waals surface area contributed by atoms with E-state index in [4.69, 9.17) is 10.8 Å². The number of aryl methyl sites for hydroxylation is 1. The highest BCUT2D eigenvalue weighted by Gasteiger charge is 2.03. The van der Waals surface area contributed by atoms with Crippen molar-refractivity contribution in [1.82, 2.24) is 0 Å². The molecule has 3 heteroatoms. The van der Waals surface area contributed by atoms with Crippen molar-refractivity contribution >= 4 is 11.4 Å². The van der Waals surface area contributed by atoms with Crippen LogP contribution in [-0.4, -0.2) is 17.8 Å². The van der Waals surface area contributed by atoms with Crippen molar-refractivity contribution in [1.29, 1.82) is 0 Å². The Labute approximate surface area is 91.3 Å². The Kier molecular flexibility index (Phi) is 4.43. The number of benzene rings is 1. The maximum atomic E-state index is 8.73. The lowest BCUT2D eigenvalue weighted by Gasteiger charge is -2.16. The largest absolute Gasteiger partial charge is 0.399 e. The van der Waals surface area contributed by atoms with Crippen molar-refractivity contribution in [3.63, 3.8) is 0 Å². The van der Waals surface area contributed by atoms with Gasteiger partial charge in [0.25, 0.3) is 0 Å². The summed E-state index contributed by atoms with van der Waals surface area (Å²) in [5.74, 6) is 0. The van der Waals surface area contributed by atoms with Gasteiger partial charge in [0, 0.05) is 24.0 Å². The number of rotatable bonds is 5. The van der Waals surface area contributed by atoms with Crippen LogP contribution in [0.3, 0.4) is 0 Å². The van der Waals surface area contributed by atoms with E-state index in [-0.39, 0.29) is 6.61 Å². The number of aliphatic hydroxyl groups excluding tert-OH is 1. The number of nitrogens with two attached hydrogens (primary N) is 1. The van der Waals surface area contributed by atoms with Gasteiger partial charge < -0.3 is 16.2 Å². The Bertz CT molecular complexity index is 312. The molecule has 0 radical (unpaired) electrons. The van der Waals surface area contributed by atoms with E-state index in [1.54, 1.807) is 0 Å². The lowest BCUT2D eigenvalue weighted by atomic mass is 10.1. The first-order valence-electron chi connectivity index (χ1n) is 5.37. The number of aliphatic hydroxyl groups is 1. The Morgan fingerprint density at radius 1 is 1.47 bits per heavy atom. The van der Waals surface area contributed by atoms with Crippen LogP contribution in [0.15, 0.2) is 18.2 Å². The van der Waals surface area contributed by atoms with Crippen LogP contribution in [0.4, 0.5) is 11.4 Å². The van der Waals surface area contributed by atoms with Gasteiger partial charge in [0.1, 0.15) is 0 Å². The molecule has 1 atom stereocenters. The highest BCUT2D eigenvalue weighted by Crippen LogP contribution is 2.19. The zero-order valence-electron chi connectivity index (χ0n) is 9.46. The monoisotopic (exact) mass is 208 g/mol. The number of nitrogens with one attached hydrogen (secondary N) is 1. The Morgan fingerprint density at radius 3 is 2.80 bits per heavy atom. The van der Waals surface area contributed by atoms with Crippen LogP contribution < -0.4 is 11.1 Å². The molecule has 0 aromatic heterocycles. The van der Waals surface area contributed by atoms with E-state index >= 15 is 0 Å². The first-order chi connectivity index (χ1) is 7.13. The van der Waals surface area contributed by atoms with Crippen molar-refractivity contribution in [2.45, 2.75) is 32.7 Å². The molecule has 1 unspecified atom stereocenters. The van der Waals surface area contributed by atoms with Gasteiger partial charge in [-0.2, -0.15) is 0 Å². The van der Waals surface area contributed by atoms with Crippen molar-refractivity contribution in [3.05, 3.63) is 23.8 Å². The lowest BCUT2D eigenvalue weighted by Crippen LogP contribution is -2.16. The molecule has 0 saturated heterocycles. The Hall–Kier alpha value is -1.22. The van der Waals surface area contributed by atoms with Gasteiger partial charge in [0.15, 0.2) is 0 Å². The number of nitrogen functional groups attached to an aromatic ring is 1. The van der Waals surface area contributed by atoms with Gasteiger partial charge in [0.2, 0.25) is 0 Å². The van der Waals surface area contributed by atoms with Gasteiger partial charge in [-0.25, -0.2) is 0 Å². The Morgan fingerprint density at radius 2 is 2.20 bits per heavy atom. The first-order valence-corrected chi connectivity index (χ1v) is 5.37. The normalized spacial score (nSPS) is 12.5. The molecule has 0 bridgehead atoms. The predicted molar refractivity (Wildman–Crippen MR) is 65.0 cm³/mol. The number of anilines is 2. The zero-order valence-corrected chi connectivity index (χ0v) is 9.46. The van der Waals surface area contributed by atoms with E-state index in [9.17, 15) is 0 Å². The summed E-state index contributed by atoms with van der Waals surface area (Å²) >= 11 is 0. The summed E-state index contributed by atoms with van der Waals surface area (Å²) in [4.78, 5) is 0. The second-order valence-electron chi connectivity index (χ2n) is 3.99. The van der Waals surface area contributed by atoms with E-state index in [2.05, 4.69) is 12.2 Å². The molecule has 1 aromatic carbocycles. The van der Waals surface area contributed by atoms with Crippen LogP contribution in [0.5, 0.6) is 0 Å². The fourth-order valence-corrected chi connectivity index (χ4v) is 1.58. The summed E-state index contributed by atoms with van der Waals surface area (Å²) in [5.41, 5.74) is 8.75. The van der Waals surface area contributed by atoms with Gasteiger partial charge in [-0.3, -0.25) is 0 Å². The standard InChI is InChI=1S/C12H20N2O/c1-9-8-11(13)5-6-12(9)14-10(2)4-3-7-15/h5-6,8,10,14-15H,3-4,7,13H2,1-2H3. The summed E-state index contributed by atoms with van der Waals surface area (Å²) in [6.07, 6.45) is 1.81. The van der Waals surface area contributed by atoms with E-state index in [1.165, 1.54) is 0 Å². The third kappa shape index (κ3) is 3.80. The Balaban J connectivity index is 2.56. The van der Waals surface area contributed by atoms with Crippen LogP contribution in [0, 0.1) is 6.92 Å². The van der Waals surface area contributed by atoms with Crippen molar-refractivity contribution in [3.8, 4) is 0 Å². The maximum Gasteiger partial charge on any atom is 0.0431 e. The molecular formula is C12H20N2O. The molecule has 0 fully saturated rings. The van der Waals surface area contributed by atoms with Gasteiger partial charge in [0.05, 0.1) is 0 Å². The van der Waals surface area contributed by atoms with E-state index in [0.29, 0.717) is 6.04 Å². The molecule has 0 amide bonds. The van der Waals surface area contributed by atoms with Gasteiger partial charge in [-0.15, -0.1) is 0 Å². The fraction of sp³-hybridized carbons (Fsp3) is 0.500. The van der Waals surface area contributed by atoms with Crippen LogP contribution in [0.2, 0.25) is 0 Å². The van der Waals surface area contributed by atoms with Gasteiger partial charge in [-0.1, -0.05) is 0 Å². The van der Waals surface area contributed by atoms with Crippen LogP contribution in [0.25, 0.3) is 0 Å². The highest BCUT2D eigenvalue weighted by atomic mass is 16.2. The smallest absolute Gasteiger partial charge is 0.0431 e. The van der Waals surface area contributed by atoms with Gasteiger partial charge in [-0.05, 0) is 50.5 Å². The third-order valence-electron chi connectivity index (χ3n) is 2.45. The van der Waals surface area contributed by atoms with E-state index < -0.39 is 0 Å². The summed E-state index contributed by atoms with van der Waals surface area (Å²) in [6.45, 7) is 4.41. The van der Waals surface area contributed by atoms with Crippen LogP contribution in [-0.2, 0) is 0 Å². The van der Waals surface area contributed by atoms with Crippen molar-refractivity contribution < 1.29 is 5.11 Å². The molecule has 0 spiro atoms. The van der Waals surface area contributed by atoms with E-state index in [0.717, 1.165) is 29.8 Å². The summed E-state index contributed by atoms with van der Waals surface area (Å²) in [7, 11) is 0. The lowest BCUT2D eigenvalue weighted by molar-refractivity contribution is 0.282. The SMILES string of the molecule is Cc1cc(N)ccc1NC(C)CCCO. The number of hydrogen-bond donors (Lipinski definition) is 3. The summed E-state index contributed by atoms with van der Waals surface area (Å²) < 4.78 is 0. The quantitative estimate of drug-likeness (QED) is 0.650. The second-order valence-corrected chi connectivity index (χ2v) is 3.99. The highest BCUT2D eigenvalue weighted by molar-refractivity contribution is 5.57. The van der Waals surface area contributed by atoms with Crippen LogP contribution in [0.1, 0.15) is 25.3 Å². The molecule has 3 nitrogen and oxygen atoms in total. The molecular weight excluding hydrogens is 188 g/mol. The fourth-order valence-electron chi connectivity index (χ4n) is 1.58. The summed E-state index contributed by atoms with van der Waals surface area (Å²) in [6, 6.07) is 6.23. The molecule has 1 rings (SSSR count). The maximum absolute atomic E-state index is 8.73. The minimum Gasteiger partial charge on any atom is -0.399 e. The zero-order chi connectivity index (χ0) is 11.3. The predicted octanol–water partition coefficient (Wildman–Crippen LogP) is 2.15. The first kappa shape index (κ1) is 11.9. The van der Waals surface area contributed by atoms with Gasteiger partial charge >= 0.3 is 0 Å². The minimum absolute atomic E-state index is 0.257. The minimum atomic E-state index is 0.257. The molecule has 0 heterocycles. The van der Waals surface area contributed by atoms with E-state index in [1.807, 2.05) is 25.1 Å². The molecule has 0 aliphatic carbocycles. The average Bonchev–Trinajstić information content (AvgIpc) is 2.19.